The van der Waals surface area contributed by atoms with Crippen molar-refractivity contribution in [3.8, 4) is 0 Å². The molecular weight excluding hydrogens is 1060 g/mol. The molecule has 10 atom stereocenters. The monoisotopic (exact) mass is 1190 g/mol. The number of allylic oxidation sites excluding steroid dienone is 4. The van der Waals surface area contributed by atoms with E-state index in [9.17, 15) is 25.5 Å². The summed E-state index contributed by atoms with van der Waals surface area (Å²) in [6.45, 7) is 42.2. The van der Waals surface area contributed by atoms with Gasteiger partial charge in [0, 0.05) is 19.3 Å². The van der Waals surface area contributed by atoms with E-state index in [1.54, 1.807) is 19.9 Å². The maximum atomic E-state index is 9.90. The van der Waals surface area contributed by atoms with E-state index in [1.807, 2.05) is 59.8 Å². The SMILES string of the molecule is C=C(C)[C@H]1CC=C(C)C(OOC(C)O)C1.C=C(C)[C@H]1CC=C(C)C(OOC(O)CCCCCCCCC)C1.C=CC(C)(O)C/C=C/C(C)(C)OOC(O)CCCCCCC.C=CC(C)(O)C/C=C/C(C)(C)OOC(O)CCCCCCCCC. The Morgan fingerprint density at radius 1 is 0.512 bits per heavy atom. The largest absolute Gasteiger partial charge is 0.386 e. The van der Waals surface area contributed by atoms with Crippen LogP contribution in [0.1, 0.15) is 277 Å². The molecule has 0 aromatic rings. The van der Waals surface area contributed by atoms with Gasteiger partial charge in [0.25, 0.3) is 0 Å². The van der Waals surface area contributed by atoms with Crippen molar-refractivity contribution in [2.24, 2.45) is 11.8 Å². The zero-order valence-corrected chi connectivity index (χ0v) is 55.8. The first-order valence-corrected chi connectivity index (χ1v) is 32.3. The minimum atomic E-state index is -0.927. The Bertz CT molecular complexity index is 1800. The summed E-state index contributed by atoms with van der Waals surface area (Å²) in [7, 11) is 0. The quantitative estimate of drug-likeness (QED) is 0.0111. The highest BCUT2D eigenvalue weighted by Gasteiger charge is 2.27. The van der Waals surface area contributed by atoms with E-state index in [-0.39, 0.29) is 12.2 Å². The highest BCUT2D eigenvalue weighted by atomic mass is 17.2. The predicted octanol–water partition coefficient (Wildman–Crippen LogP) is 17.6. The van der Waals surface area contributed by atoms with Gasteiger partial charge >= 0.3 is 0 Å². The second-order valence-electron chi connectivity index (χ2n) is 25.2. The summed E-state index contributed by atoms with van der Waals surface area (Å²) in [6, 6.07) is 0. The molecule has 84 heavy (non-hydrogen) atoms. The Labute approximate surface area is 513 Å². The second kappa shape index (κ2) is 49.3. The molecule has 0 saturated heterocycles. The zero-order valence-electron chi connectivity index (χ0n) is 55.8. The maximum Gasteiger partial charge on any atom is 0.188 e. The first kappa shape index (κ1) is 83.4. The van der Waals surface area contributed by atoms with Gasteiger partial charge in [0.05, 0.1) is 11.2 Å². The van der Waals surface area contributed by atoms with E-state index in [0.29, 0.717) is 43.9 Å². The van der Waals surface area contributed by atoms with Gasteiger partial charge in [-0.3, -0.25) is 0 Å². The molecule has 0 aliphatic heterocycles. The molecule has 8 unspecified atom stereocenters. The van der Waals surface area contributed by atoms with E-state index in [2.05, 4.69) is 73.1 Å². The number of unbranched alkanes of at least 4 members (excludes halogenated alkanes) is 16. The Balaban J connectivity index is 0. The van der Waals surface area contributed by atoms with Crippen LogP contribution in [0.3, 0.4) is 0 Å². The van der Waals surface area contributed by atoms with Crippen molar-refractivity contribution < 1.29 is 69.7 Å². The fourth-order valence-electron chi connectivity index (χ4n) is 8.68. The smallest absolute Gasteiger partial charge is 0.188 e. The molecular formula is C70H128O14. The molecule has 14 nitrogen and oxygen atoms in total. The first-order valence-electron chi connectivity index (χ1n) is 32.3. The summed E-state index contributed by atoms with van der Waals surface area (Å²) >= 11 is 0. The molecule has 0 heterocycles. The van der Waals surface area contributed by atoms with Crippen molar-refractivity contribution in [3.63, 3.8) is 0 Å². The molecule has 0 aromatic heterocycles. The number of aliphatic hydroxyl groups excluding tert-OH is 4. The van der Waals surface area contributed by atoms with Gasteiger partial charge in [-0.25, -0.2) is 39.1 Å². The van der Waals surface area contributed by atoms with Gasteiger partial charge in [0.1, 0.15) is 23.4 Å². The van der Waals surface area contributed by atoms with Crippen LogP contribution in [0.2, 0.25) is 0 Å². The van der Waals surface area contributed by atoms with Crippen LogP contribution in [-0.2, 0) is 39.1 Å². The van der Waals surface area contributed by atoms with Crippen LogP contribution in [0.15, 0.2) is 97.2 Å². The lowest BCUT2D eigenvalue weighted by Gasteiger charge is -2.28. The molecule has 0 spiro atoms. The van der Waals surface area contributed by atoms with E-state index >= 15 is 0 Å². The number of hydrogen-bond donors (Lipinski definition) is 6. The molecule has 0 amide bonds. The van der Waals surface area contributed by atoms with Crippen LogP contribution in [-0.4, -0.2) is 90.4 Å². The molecule has 492 valence electrons. The van der Waals surface area contributed by atoms with Gasteiger partial charge in [-0.15, -0.1) is 13.2 Å². The van der Waals surface area contributed by atoms with Crippen molar-refractivity contribution in [1.29, 1.82) is 0 Å². The van der Waals surface area contributed by atoms with Crippen molar-refractivity contribution in [2.75, 3.05) is 0 Å². The normalized spacial score (nSPS) is 20.3. The third-order valence-electron chi connectivity index (χ3n) is 14.8. The van der Waals surface area contributed by atoms with Crippen molar-refractivity contribution in [2.45, 2.75) is 336 Å². The topological polar surface area (TPSA) is 195 Å². The van der Waals surface area contributed by atoms with Gasteiger partial charge in [0.2, 0.25) is 0 Å². The molecule has 6 N–H and O–H groups in total. The predicted molar refractivity (Wildman–Crippen MR) is 344 cm³/mol. The standard InChI is InChI=1S/C20H38O4.C20H36O3.C18H34O4.C12H20O3/c1-6-8-9-10-11-12-13-15-18(21)23-24-19(3,4)16-14-17-20(5,22)7-2;1-5-6-7-8-9-10-11-12-20(21)23-22-19-15-18(16(2)3)14-13-17(19)4;1-6-8-9-10-11-13-16(19)21-22-17(3,4)14-12-15-18(5,20)7-2;1-8(2)11-6-5-9(3)12(7-11)15-14-10(4)13/h7,14,16,18,21-22H,2,6,8-13,15,17H2,1,3-5H3;13,18-21H,2,5-12,14-15H2,1,3-4H3;7,12,14,16,19-20H,2,6,8-11,13,15H2,1,3-5H3;5,10-13H,1,6-7H2,2-4H3/b16-14+;;14-12+;/t;18-,19?,20?;;10?,11-,12?/m.0.0/s1. The lowest BCUT2D eigenvalue weighted by atomic mass is 9.84. The highest BCUT2D eigenvalue weighted by Crippen LogP contribution is 2.32. The first-order chi connectivity index (χ1) is 39.5. The zero-order chi connectivity index (χ0) is 64.0. The molecule has 0 fully saturated rings. The average molecular weight is 1190 g/mol. The van der Waals surface area contributed by atoms with Crippen molar-refractivity contribution >= 4 is 0 Å². The van der Waals surface area contributed by atoms with Crippen molar-refractivity contribution in [1.82, 2.24) is 0 Å². The summed E-state index contributed by atoms with van der Waals surface area (Å²) in [6.07, 6.45) is 40.3. The number of hydrogen-bond acceptors (Lipinski definition) is 14. The van der Waals surface area contributed by atoms with Crippen molar-refractivity contribution in [3.05, 3.63) is 97.2 Å². The third kappa shape index (κ3) is 48.4. The van der Waals surface area contributed by atoms with E-state index in [0.717, 1.165) is 69.8 Å². The molecule has 2 aliphatic carbocycles. The van der Waals surface area contributed by atoms with Crippen LogP contribution in [0, 0.1) is 11.8 Å². The summed E-state index contributed by atoms with van der Waals surface area (Å²) in [5.74, 6) is 0.906. The summed E-state index contributed by atoms with van der Waals surface area (Å²) in [5.41, 5.74) is 1.52. The van der Waals surface area contributed by atoms with Crippen LogP contribution < -0.4 is 0 Å². The lowest BCUT2D eigenvalue weighted by Crippen LogP contribution is -2.26. The van der Waals surface area contributed by atoms with E-state index in [4.69, 9.17) is 44.2 Å². The van der Waals surface area contributed by atoms with Crippen LogP contribution in [0.25, 0.3) is 0 Å². The minimum absolute atomic E-state index is 0.0601. The lowest BCUT2D eigenvalue weighted by molar-refractivity contribution is -0.404. The minimum Gasteiger partial charge on any atom is -0.386 e. The van der Waals surface area contributed by atoms with Crippen LogP contribution in [0.5, 0.6) is 0 Å². The molecule has 0 bridgehead atoms. The van der Waals surface area contributed by atoms with Crippen LogP contribution >= 0.6 is 0 Å². The Hall–Kier alpha value is -2.64. The molecule has 0 saturated carbocycles. The molecule has 14 heteroatoms. The van der Waals surface area contributed by atoms with Gasteiger partial charge in [-0.2, -0.15) is 0 Å². The van der Waals surface area contributed by atoms with Gasteiger partial charge in [-0.05, 0) is 157 Å². The fraction of sp³-hybridized carbons (Fsp3) is 0.771. The average Bonchev–Trinajstić information content (AvgIpc) is 3.57. The van der Waals surface area contributed by atoms with Gasteiger partial charge in [-0.1, -0.05) is 196 Å². The second-order valence-corrected chi connectivity index (χ2v) is 25.2. The molecule has 0 aromatic carbocycles. The summed E-state index contributed by atoms with van der Waals surface area (Å²) in [5, 5.41) is 58.1. The molecule has 2 aliphatic rings. The Kier molecular flexibility index (Phi) is 48.9. The summed E-state index contributed by atoms with van der Waals surface area (Å²) < 4.78 is 0. The van der Waals surface area contributed by atoms with Gasteiger partial charge < -0.3 is 30.6 Å². The fourth-order valence-corrected chi connectivity index (χ4v) is 8.68. The number of rotatable bonds is 44. The third-order valence-corrected chi connectivity index (χ3v) is 14.8. The van der Waals surface area contributed by atoms with Crippen LogP contribution in [0.4, 0.5) is 0 Å². The van der Waals surface area contributed by atoms with Gasteiger partial charge in [0.15, 0.2) is 25.2 Å². The molecule has 0 radical (unpaired) electrons. The Morgan fingerprint density at radius 3 is 1.11 bits per heavy atom. The Morgan fingerprint density at radius 2 is 0.810 bits per heavy atom. The molecule has 2 rings (SSSR count). The highest BCUT2D eigenvalue weighted by molar-refractivity contribution is 5.16. The summed E-state index contributed by atoms with van der Waals surface area (Å²) in [4.78, 5) is 41.3. The van der Waals surface area contributed by atoms with E-state index < -0.39 is 47.6 Å². The maximum absolute atomic E-state index is 9.90. The number of aliphatic hydroxyl groups is 6. The van der Waals surface area contributed by atoms with E-state index in [1.165, 1.54) is 119 Å².